The molecule has 2 fully saturated rings. The van der Waals surface area contributed by atoms with Crippen LogP contribution in [-0.4, -0.2) is 91.7 Å². The molecule has 176 valence electrons. The summed E-state index contributed by atoms with van der Waals surface area (Å²) < 4.78 is 43.6. The average Bonchev–Trinajstić information content (AvgIpc) is 2.71. The summed E-state index contributed by atoms with van der Waals surface area (Å²) in [4.78, 5) is 29.9. The minimum absolute atomic E-state index is 0.0449. The molecule has 2 aliphatic heterocycles. The fourth-order valence-electron chi connectivity index (χ4n) is 3.87. The van der Waals surface area contributed by atoms with Gasteiger partial charge in [-0.3, -0.25) is 14.5 Å². The van der Waals surface area contributed by atoms with E-state index in [9.17, 15) is 22.8 Å². The maximum Gasteiger partial charge on any atom is 0.393 e. The molecule has 0 unspecified atom stereocenters. The van der Waals surface area contributed by atoms with Crippen molar-refractivity contribution in [3.63, 3.8) is 0 Å². The summed E-state index contributed by atoms with van der Waals surface area (Å²) in [5, 5.41) is 2.84. The van der Waals surface area contributed by atoms with Crippen molar-refractivity contribution in [1.82, 2.24) is 14.7 Å². The first-order valence-corrected chi connectivity index (χ1v) is 10.6. The van der Waals surface area contributed by atoms with Gasteiger partial charge < -0.3 is 19.9 Å². The van der Waals surface area contributed by atoms with Gasteiger partial charge in [0.05, 0.1) is 25.8 Å². The Kier molecular flexibility index (Phi) is 7.55. The number of hydrogen-bond donors (Lipinski definition) is 1. The van der Waals surface area contributed by atoms with Crippen LogP contribution >= 0.6 is 11.6 Å². The van der Waals surface area contributed by atoms with Crippen LogP contribution in [0.2, 0.25) is 5.02 Å². The Labute approximate surface area is 189 Å². The highest BCUT2D eigenvalue weighted by atomic mass is 35.5. The minimum Gasteiger partial charge on any atom is -0.495 e. The van der Waals surface area contributed by atoms with E-state index in [0.29, 0.717) is 45.3 Å². The molecule has 2 amide bonds. The van der Waals surface area contributed by atoms with E-state index < -0.39 is 12.6 Å². The molecule has 2 heterocycles. The van der Waals surface area contributed by atoms with E-state index >= 15 is 0 Å². The van der Waals surface area contributed by atoms with Crippen LogP contribution in [-0.2, 0) is 16.0 Å². The fraction of sp³-hybridized carbons (Fsp3) is 0.524. The zero-order valence-electron chi connectivity index (χ0n) is 17.8. The third-order valence-corrected chi connectivity index (χ3v) is 6.07. The Bertz CT molecular complexity index is 867. The molecule has 7 nitrogen and oxygen atoms in total. The van der Waals surface area contributed by atoms with Crippen LogP contribution in [0.25, 0.3) is 0 Å². The highest BCUT2D eigenvalue weighted by Gasteiger charge is 2.35. The van der Waals surface area contributed by atoms with Gasteiger partial charge in [0, 0.05) is 56.4 Å². The van der Waals surface area contributed by atoms with Gasteiger partial charge in [-0.05, 0) is 17.7 Å². The number of rotatable bonds is 7. The summed E-state index contributed by atoms with van der Waals surface area (Å²) in [5.41, 5.74) is 0.192. The predicted molar refractivity (Wildman–Crippen MR) is 115 cm³/mol. The molecule has 0 aromatic heterocycles. The van der Waals surface area contributed by atoms with Crippen molar-refractivity contribution >= 4 is 29.1 Å². The number of methoxy groups -OCH3 is 1. The van der Waals surface area contributed by atoms with Crippen LogP contribution in [0.3, 0.4) is 0 Å². The van der Waals surface area contributed by atoms with Gasteiger partial charge in [0.2, 0.25) is 11.8 Å². The number of carbonyl (C=O) groups excluding carboxylic acids is 2. The maximum absolute atomic E-state index is 12.8. The van der Waals surface area contributed by atoms with Gasteiger partial charge in [0.25, 0.3) is 0 Å². The smallest absolute Gasteiger partial charge is 0.393 e. The SMILES string of the molecule is C=CC(=O)N1CC(N2CCN(C(=O)CNc3cc(CC(F)(F)F)c(Cl)cc3OC)CC2)C1. The Morgan fingerprint density at radius 2 is 1.88 bits per heavy atom. The van der Waals surface area contributed by atoms with Gasteiger partial charge in [-0.1, -0.05) is 18.2 Å². The second-order valence-electron chi connectivity index (χ2n) is 7.81. The number of halogens is 4. The van der Waals surface area contributed by atoms with E-state index in [2.05, 4.69) is 16.8 Å². The monoisotopic (exact) mass is 474 g/mol. The van der Waals surface area contributed by atoms with Crippen molar-refractivity contribution < 1.29 is 27.5 Å². The molecule has 11 heteroatoms. The lowest BCUT2D eigenvalue weighted by atomic mass is 10.1. The molecule has 1 aromatic rings. The molecule has 2 aliphatic rings. The molecule has 0 bridgehead atoms. The number of hydrogen-bond acceptors (Lipinski definition) is 5. The van der Waals surface area contributed by atoms with Gasteiger partial charge in [-0.2, -0.15) is 13.2 Å². The number of piperazine rings is 1. The predicted octanol–water partition coefficient (Wildman–Crippen LogP) is 2.41. The zero-order valence-corrected chi connectivity index (χ0v) is 18.5. The average molecular weight is 475 g/mol. The van der Waals surface area contributed by atoms with Gasteiger partial charge in [0.1, 0.15) is 5.75 Å². The van der Waals surface area contributed by atoms with Crippen molar-refractivity contribution in [1.29, 1.82) is 0 Å². The zero-order chi connectivity index (χ0) is 23.5. The molecule has 0 radical (unpaired) electrons. The molecule has 2 saturated heterocycles. The largest absolute Gasteiger partial charge is 0.495 e. The topological polar surface area (TPSA) is 65.1 Å². The number of ether oxygens (including phenoxy) is 1. The Morgan fingerprint density at radius 1 is 1.22 bits per heavy atom. The Hall–Kier alpha value is -2.46. The number of benzene rings is 1. The molecular formula is C21H26ClF3N4O3. The third-order valence-electron chi connectivity index (χ3n) is 5.72. The van der Waals surface area contributed by atoms with Crippen LogP contribution in [0.15, 0.2) is 24.8 Å². The standard InChI is InChI=1S/C21H26ClF3N4O3/c1-3-19(30)29-12-15(13-29)27-4-6-28(7-5-27)20(31)11-26-17-8-14(10-21(23,24)25)16(22)9-18(17)32-2/h3,8-9,15,26H,1,4-7,10-13H2,2H3. The van der Waals surface area contributed by atoms with E-state index in [4.69, 9.17) is 16.3 Å². The van der Waals surface area contributed by atoms with E-state index in [1.807, 2.05) is 0 Å². The van der Waals surface area contributed by atoms with E-state index in [1.165, 1.54) is 25.3 Å². The lowest BCUT2D eigenvalue weighted by molar-refractivity contribution is -0.135. The molecule has 3 rings (SSSR count). The molecule has 0 saturated carbocycles. The number of alkyl halides is 3. The van der Waals surface area contributed by atoms with Gasteiger partial charge >= 0.3 is 6.18 Å². The number of nitrogens with one attached hydrogen (secondary N) is 1. The molecule has 0 spiro atoms. The molecule has 32 heavy (non-hydrogen) atoms. The van der Waals surface area contributed by atoms with Crippen LogP contribution in [0.4, 0.5) is 18.9 Å². The van der Waals surface area contributed by atoms with E-state index in [-0.39, 0.29) is 40.4 Å². The minimum atomic E-state index is -4.40. The Balaban J connectivity index is 1.51. The molecular weight excluding hydrogens is 449 g/mol. The second kappa shape index (κ2) is 9.99. The molecule has 1 N–H and O–H groups in total. The van der Waals surface area contributed by atoms with Crippen molar-refractivity contribution in [2.75, 3.05) is 58.2 Å². The van der Waals surface area contributed by atoms with Gasteiger partial charge in [-0.15, -0.1) is 0 Å². The van der Waals surface area contributed by atoms with Crippen LogP contribution in [0.1, 0.15) is 5.56 Å². The van der Waals surface area contributed by atoms with Crippen LogP contribution in [0, 0.1) is 0 Å². The highest BCUT2D eigenvalue weighted by molar-refractivity contribution is 6.31. The van der Waals surface area contributed by atoms with Crippen molar-refractivity contribution in [2.24, 2.45) is 0 Å². The maximum atomic E-state index is 12.8. The van der Waals surface area contributed by atoms with Gasteiger partial charge in [-0.25, -0.2) is 0 Å². The second-order valence-corrected chi connectivity index (χ2v) is 8.21. The first-order valence-electron chi connectivity index (χ1n) is 10.2. The third kappa shape index (κ3) is 5.86. The summed E-state index contributed by atoms with van der Waals surface area (Å²) in [5.74, 6) is 0.0374. The van der Waals surface area contributed by atoms with Crippen molar-refractivity contribution in [3.8, 4) is 5.75 Å². The summed E-state index contributed by atoms with van der Waals surface area (Å²) in [6.07, 6.45) is -4.26. The Morgan fingerprint density at radius 3 is 2.44 bits per heavy atom. The quantitative estimate of drug-likeness (QED) is 0.615. The van der Waals surface area contributed by atoms with Crippen LogP contribution < -0.4 is 10.1 Å². The normalized spacial score (nSPS) is 17.7. The summed E-state index contributed by atoms with van der Waals surface area (Å²) in [6, 6.07) is 2.87. The number of nitrogens with zero attached hydrogens (tertiary/aromatic N) is 3. The number of likely N-dealkylation sites (tertiary alicyclic amines) is 1. The fourth-order valence-corrected chi connectivity index (χ4v) is 4.09. The summed E-state index contributed by atoms with van der Waals surface area (Å²) >= 11 is 5.95. The first-order chi connectivity index (χ1) is 15.1. The van der Waals surface area contributed by atoms with Crippen LogP contribution in [0.5, 0.6) is 5.75 Å². The number of amides is 2. The number of carbonyl (C=O) groups is 2. The van der Waals surface area contributed by atoms with E-state index in [0.717, 1.165) is 0 Å². The highest BCUT2D eigenvalue weighted by Crippen LogP contribution is 2.34. The van der Waals surface area contributed by atoms with E-state index in [1.54, 1.807) is 9.80 Å². The molecule has 0 aliphatic carbocycles. The molecule has 0 atom stereocenters. The molecule has 1 aromatic carbocycles. The lowest BCUT2D eigenvalue weighted by Gasteiger charge is -2.47. The summed E-state index contributed by atoms with van der Waals surface area (Å²) in [7, 11) is 1.38. The van der Waals surface area contributed by atoms with Crippen molar-refractivity contribution in [2.45, 2.75) is 18.6 Å². The number of anilines is 1. The summed E-state index contributed by atoms with van der Waals surface area (Å²) in [6.45, 7) is 7.23. The lowest BCUT2D eigenvalue weighted by Crippen LogP contribution is -2.64. The first kappa shape index (κ1) is 24.2. The van der Waals surface area contributed by atoms with Gasteiger partial charge in [0.15, 0.2) is 0 Å². The van der Waals surface area contributed by atoms with Crippen molar-refractivity contribution in [3.05, 3.63) is 35.4 Å².